The van der Waals surface area contributed by atoms with Crippen LogP contribution in [0.3, 0.4) is 0 Å². The molecule has 1 saturated heterocycles. The fraction of sp³-hybridized carbons (Fsp3) is 0.435. The van der Waals surface area contributed by atoms with E-state index in [0.29, 0.717) is 36.1 Å². The van der Waals surface area contributed by atoms with E-state index >= 15 is 0 Å². The molecule has 0 radical (unpaired) electrons. The zero-order valence-corrected chi connectivity index (χ0v) is 20.1. The molecular formula is C23H31N7O4. The molecule has 34 heavy (non-hydrogen) atoms. The van der Waals surface area contributed by atoms with Gasteiger partial charge in [-0.3, -0.25) is 20.7 Å². The minimum atomic E-state index is -0.689. The summed E-state index contributed by atoms with van der Waals surface area (Å²) in [5, 5.41) is 7.62. The smallest absolute Gasteiger partial charge is 0.327 e. The molecule has 1 aliphatic rings. The van der Waals surface area contributed by atoms with Crippen LogP contribution in [0.15, 0.2) is 30.5 Å². The lowest BCUT2D eigenvalue weighted by Gasteiger charge is -2.32. The van der Waals surface area contributed by atoms with Crippen molar-refractivity contribution in [3.8, 4) is 11.5 Å². The van der Waals surface area contributed by atoms with Crippen LogP contribution in [0.1, 0.15) is 26.5 Å². The van der Waals surface area contributed by atoms with Crippen LogP contribution in [-0.2, 0) is 4.79 Å². The molecule has 0 unspecified atom stereocenters. The number of likely N-dealkylation sites (N-methyl/N-ethyl adjacent to an activating group) is 1. The maximum absolute atomic E-state index is 12.5. The van der Waals surface area contributed by atoms with E-state index in [1.165, 1.54) is 0 Å². The molecule has 0 spiro atoms. The fourth-order valence-electron chi connectivity index (χ4n) is 3.03. The van der Waals surface area contributed by atoms with Crippen molar-refractivity contribution < 1.29 is 19.1 Å². The van der Waals surface area contributed by atoms with Gasteiger partial charge in [-0.2, -0.15) is 0 Å². The molecular weight excluding hydrogens is 438 g/mol. The molecule has 2 aromatic rings. The number of anilines is 2. The molecule has 2 aromatic heterocycles. The molecule has 1 fully saturated rings. The average Bonchev–Trinajstić information content (AvgIpc) is 2.75. The van der Waals surface area contributed by atoms with Gasteiger partial charge in [-0.15, -0.1) is 0 Å². The predicted molar refractivity (Wildman–Crippen MR) is 128 cm³/mol. The number of urea groups is 2. The largest absolute Gasteiger partial charge is 0.455 e. The van der Waals surface area contributed by atoms with E-state index in [1.807, 2.05) is 7.05 Å². The first-order valence-corrected chi connectivity index (χ1v) is 11.0. The minimum Gasteiger partial charge on any atom is -0.455 e. The molecule has 0 saturated carbocycles. The number of carbonyl (C=O) groups excluding carboxylic acids is 3. The summed E-state index contributed by atoms with van der Waals surface area (Å²) in [7, 11) is 2.03. The highest BCUT2D eigenvalue weighted by molar-refractivity contribution is 6.02. The van der Waals surface area contributed by atoms with Gasteiger partial charge in [-0.1, -0.05) is 20.8 Å². The zero-order chi connectivity index (χ0) is 24.9. The van der Waals surface area contributed by atoms with Gasteiger partial charge in [0.25, 0.3) is 0 Å². The Hall–Kier alpha value is -3.73. The molecule has 0 bridgehead atoms. The number of ether oxygens (including phenoxy) is 1. The lowest BCUT2D eigenvalue weighted by Crippen LogP contribution is -2.48. The summed E-state index contributed by atoms with van der Waals surface area (Å²) in [5.41, 5.74) is -0.161. The van der Waals surface area contributed by atoms with Crippen molar-refractivity contribution in [1.29, 1.82) is 0 Å². The van der Waals surface area contributed by atoms with Gasteiger partial charge in [0.2, 0.25) is 5.91 Å². The molecule has 3 N–H and O–H groups in total. The van der Waals surface area contributed by atoms with Crippen molar-refractivity contribution in [3.05, 3.63) is 36.2 Å². The average molecular weight is 470 g/mol. The Balaban J connectivity index is 1.60. The normalized spacial score (nSPS) is 14.3. The van der Waals surface area contributed by atoms with Crippen molar-refractivity contribution in [3.63, 3.8) is 0 Å². The Labute approximate surface area is 198 Å². The number of hydrogen-bond donors (Lipinski definition) is 3. The number of hydrogen-bond acceptors (Lipinski definition) is 7. The first kappa shape index (κ1) is 24.9. The van der Waals surface area contributed by atoms with Gasteiger partial charge in [-0.05, 0) is 32.2 Å². The first-order valence-electron chi connectivity index (χ1n) is 11.0. The van der Waals surface area contributed by atoms with E-state index in [1.54, 1.807) is 63.1 Å². The Bertz CT molecular complexity index is 1060. The van der Waals surface area contributed by atoms with Crippen LogP contribution in [-0.4, -0.2) is 71.0 Å². The second-order valence-electron chi connectivity index (χ2n) is 9.14. The molecule has 0 atom stereocenters. The molecule has 5 amide bonds. The fourth-order valence-corrected chi connectivity index (χ4v) is 3.03. The third-order valence-electron chi connectivity index (χ3n) is 5.17. The monoisotopic (exact) mass is 469 g/mol. The van der Waals surface area contributed by atoms with Crippen molar-refractivity contribution in [1.82, 2.24) is 25.1 Å². The van der Waals surface area contributed by atoms with Gasteiger partial charge in [0.05, 0.1) is 5.69 Å². The molecule has 0 aromatic carbocycles. The number of imide groups is 1. The maximum Gasteiger partial charge on any atom is 0.327 e. The molecule has 0 aliphatic carbocycles. The van der Waals surface area contributed by atoms with Crippen LogP contribution >= 0.6 is 0 Å². The van der Waals surface area contributed by atoms with Crippen LogP contribution in [0.5, 0.6) is 11.5 Å². The first-order chi connectivity index (χ1) is 16.0. The van der Waals surface area contributed by atoms with E-state index in [-0.39, 0.29) is 11.8 Å². The number of aromatic nitrogens is 2. The Morgan fingerprint density at radius 3 is 2.35 bits per heavy atom. The molecule has 11 heteroatoms. The number of aryl methyl sites for hydroxylation is 1. The number of nitrogens with zero attached hydrogens (tertiary/aromatic N) is 4. The number of piperazine rings is 1. The standard InChI is InChI=1S/C23H31N7O4/c1-15-17(6-7-18(25-15)26-21(32)28-20(31)23(2,3)4)34-16-8-9-24-19(14-16)27-22(33)30-12-10-29(5)11-13-30/h6-9,14H,10-13H2,1-5H3,(H,24,27,33)(H2,25,26,28,31,32). The molecule has 3 heterocycles. The van der Waals surface area contributed by atoms with Gasteiger partial charge in [-0.25, -0.2) is 19.6 Å². The summed E-state index contributed by atoms with van der Waals surface area (Å²) >= 11 is 0. The summed E-state index contributed by atoms with van der Waals surface area (Å²) in [4.78, 5) is 48.9. The number of amides is 5. The quantitative estimate of drug-likeness (QED) is 0.628. The van der Waals surface area contributed by atoms with E-state index < -0.39 is 17.4 Å². The summed E-state index contributed by atoms with van der Waals surface area (Å²) in [6.45, 7) is 9.85. The lowest BCUT2D eigenvalue weighted by molar-refractivity contribution is -0.127. The van der Waals surface area contributed by atoms with Crippen molar-refractivity contribution in [2.75, 3.05) is 43.9 Å². The van der Waals surface area contributed by atoms with Crippen LogP contribution in [0, 0.1) is 12.3 Å². The zero-order valence-electron chi connectivity index (χ0n) is 20.1. The number of pyridine rings is 2. The van der Waals surface area contributed by atoms with E-state index in [9.17, 15) is 14.4 Å². The summed E-state index contributed by atoms with van der Waals surface area (Å²) in [5.74, 6) is 1.21. The Morgan fingerprint density at radius 2 is 1.71 bits per heavy atom. The lowest BCUT2D eigenvalue weighted by atomic mass is 9.96. The van der Waals surface area contributed by atoms with Gasteiger partial charge in [0.15, 0.2) is 0 Å². The Morgan fingerprint density at radius 1 is 1.00 bits per heavy atom. The highest BCUT2D eigenvalue weighted by Crippen LogP contribution is 2.26. The highest BCUT2D eigenvalue weighted by atomic mass is 16.5. The Kier molecular flexibility index (Phi) is 7.67. The number of nitrogens with one attached hydrogen (secondary N) is 3. The van der Waals surface area contributed by atoms with E-state index in [2.05, 4.69) is 30.8 Å². The molecule has 182 valence electrons. The van der Waals surface area contributed by atoms with Crippen LogP contribution in [0.2, 0.25) is 0 Å². The van der Waals surface area contributed by atoms with Crippen LogP contribution in [0.4, 0.5) is 21.2 Å². The van der Waals surface area contributed by atoms with Crippen molar-refractivity contribution >= 4 is 29.6 Å². The van der Waals surface area contributed by atoms with Gasteiger partial charge in [0.1, 0.15) is 23.1 Å². The SMILES string of the molecule is Cc1nc(NC(=O)NC(=O)C(C)(C)C)ccc1Oc1ccnc(NC(=O)N2CCN(C)CC2)c1. The van der Waals surface area contributed by atoms with Crippen molar-refractivity contribution in [2.24, 2.45) is 5.41 Å². The summed E-state index contributed by atoms with van der Waals surface area (Å²) in [6.07, 6.45) is 1.55. The number of carbonyl (C=O) groups is 3. The highest BCUT2D eigenvalue weighted by Gasteiger charge is 2.23. The van der Waals surface area contributed by atoms with Crippen molar-refractivity contribution in [2.45, 2.75) is 27.7 Å². The molecule has 11 nitrogen and oxygen atoms in total. The van der Waals surface area contributed by atoms with Gasteiger partial charge < -0.3 is 14.5 Å². The second-order valence-corrected chi connectivity index (χ2v) is 9.14. The third-order valence-corrected chi connectivity index (χ3v) is 5.17. The van der Waals surface area contributed by atoms with E-state index in [0.717, 1.165) is 13.1 Å². The maximum atomic E-state index is 12.5. The second kappa shape index (κ2) is 10.5. The topological polar surface area (TPSA) is 129 Å². The van der Waals surface area contributed by atoms with Gasteiger partial charge >= 0.3 is 12.1 Å². The molecule has 1 aliphatic heterocycles. The van der Waals surface area contributed by atoms with E-state index in [4.69, 9.17) is 4.74 Å². The number of rotatable bonds is 4. The summed E-state index contributed by atoms with van der Waals surface area (Å²) < 4.78 is 5.90. The minimum absolute atomic E-state index is 0.200. The predicted octanol–water partition coefficient (Wildman–Crippen LogP) is 3.05. The van der Waals surface area contributed by atoms with Crippen LogP contribution < -0.4 is 20.7 Å². The summed E-state index contributed by atoms with van der Waals surface area (Å²) in [6, 6.07) is 5.67. The molecule has 3 rings (SSSR count). The van der Waals surface area contributed by atoms with Crippen LogP contribution in [0.25, 0.3) is 0 Å². The van der Waals surface area contributed by atoms with Gasteiger partial charge in [0, 0.05) is 43.9 Å². The third kappa shape index (κ3) is 6.88.